The van der Waals surface area contributed by atoms with Crippen LogP contribution >= 0.6 is 12.4 Å². The molecule has 1 fully saturated rings. The summed E-state index contributed by atoms with van der Waals surface area (Å²) in [5.74, 6) is -1.39. The maximum absolute atomic E-state index is 13.2. The lowest BCUT2D eigenvalue weighted by atomic mass is 10.0. The minimum Gasteiger partial charge on any atom is -0.505 e. The van der Waals surface area contributed by atoms with Gasteiger partial charge in [-0.25, -0.2) is 4.39 Å². The third-order valence-electron chi connectivity index (χ3n) is 2.78. The number of hydrogen-bond acceptors (Lipinski definition) is 4. The van der Waals surface area contributed by atoms with Crippen LogP contribution in [0.2, 0.25) is 0 Å². The van der Waals surface area contributed by atoms with E-state index in [2.05, 4.69) is 0 Å². The molecule has 7 heteroatoms. The van der Waals surface area contributed by atoms with Crippen molar-refractivity contribution < 1.29 is 14.4 Å². The third-order valence-corrected chi connectivity index (χ3v) is 2.78. The van der Waals surface area contributed by atoms with Crippen LogP contribution in [0.5, 0.6) is 5.75 Å². The van der Waals surface area contributed by atoms with Gasteiger partial charge in [-0.05, 0) is 18.8 Å². The lowest BCUT2D eigenvalue weighted by Gasteiger charge is -2.12. The molecule has 1 atom stereocenters. The third kappa shape index (κ3) is 2.65. The zero-order valence-corrected chi connectivity index (χ0v) is 9.61. The summed E-state index contributed by atoms with van der Waals surface area (Å²) >= 11 is 0. The summed E-state index contributed by atoms with van der Waals surface area (Å²) in [5.41, 5.74) is 5.52. The van der Waals surface area contributed by atoms with E-state index in [9.17, 15) is 19.6 Å². The molecule has 1 aliphatic carbocycles. The summed E-state index contributed by atoms with van der Waals surface area (Å²) in [4.78, 5) is 9.84. The van der Waals surface area contributed by atoms with Crippen LogP contribution in [0.15, 0.2) is 12.1 Å². The molecular formula is C10H12ClFN2O3. The van der Waals surface area contributed by atoms with Gasteiger partial charge in [0.1, 0.15) is 0 Å². The van der Waals surface area contributed by atoms with Crippen LogP contribution in [-0.2, 0) is 0 Å². The summed E-state index contributed by atoms with van der Waals surface area (Å²) < 4.78 is 13.2. The Labute approximate surface area is 103 Å². The summed E-state index contributed by atoms with van der Waals surface area (Å²) in [6, 6.07) is 1.30. The van der Waals surface area contributed by atoms with E-state index < -0.39 is 22.5 Å². The standard InChI is InChI=1S/C10H11FN2O3.ClH/c11-8-4-6(13(15)16)3-7(10(8)14)9(12)5-1-2-5;/h3-5,9,14H,1-2,12H2;1H/t9-;/m1./s1. The highest BCUT2D eigenvalue weighted by Crippen LogP contribution is 2.43. The first kappa shape index (κ1) is 13.7. The fraction of sp³-hybridized carbons (Fsp3) is 0.400. The Morgan fingerprint density at radius 1 is 1.53 bits per heavy atom. The zero-order chi connectivity index (χ0) is 11.9. The first-order chi connectivity index (χ1) is 7.50. The largest absolute Gasteiger partial charge is 0.505 e. The number of nitro benzene ring substituents is 1. The number of nitrogens with zero attached hydrogens (tertiary/aromatic N) is 1. The number of hydrogen-bond donors (Lipinski definition) is 2. The zero-order valence-electron chi connectivity index (χ0n) is 8.80. The highest BCUT2D eigenvalue weighted by molar-refractivity contribution is 5.85. The first-order valence-corrected chi connectivity index (χ1v) is 4.93. The molecule has 0 bridgehead atoms. The van der Waals surface area contributed by atoms with E-state index in [1.165, 1.54) is 0 Å². The molecule has 0 spiro atoms. The van der Waals surface area contributed by atoms with Gasteiger partial charge in [-0.1, -0.05) is 0 Å². The van der Waals surface area contributed by atoms with Crippen LogP contribution in [-0.4, -0.2) is 10.0 Å². The minimum absolute atomic E-state index is 0. The van der Waals surface area contributed by atoms with Crippen LogP contribution in [0.25, 0.3) is 0 Å². The number of rotatable bonds is 3. The second-order valence-corrected chi connectivity index (χ2v) is 3.99. The van der Waals surface area contributed by atoms with Gasteiger partial charge in [-0.3, -0.25) is 10.1 Å². The van der Waals surface area contributed by atoms with Gasteiger partial charge in [0, 0.05) is 17.7 Å². The van der Waals surface area contributed by atoms with E-state index in [4.69, 9.17) is 5.73 Å². The van der Waals surface area contributed by atoms with Crippen molar-refractivity contribution in [3.8, 4) is 5.75 Å². The van der Waals surface area contributed by atoms with E-state index >= 15 is 0 Å². The van der Waals surface area contributed by atoms with Crippen molar-refractivity contribution >= 4 is 18.1 Å². The van der Waals surface area contributed by atoms with Crippen molar-refractivity contribution in [2.75, 3.05) is 0 Å². The van der Waals surface area contributed by atoms with Gasteiger partial charge in [0.2, 0.25) is 0 Å². The van der Waals surface area contributed by atoms with E-state index in [-0.39, 0.29) is 29.6 Å². The molecule has 0 heterocycles. The van der Waals surface area contributed by atoms with Crippen molar-refractivity contribution in [1.29, 1.82) is 0 Å². The van der Waals surface area contributed by atoms with Crippen LogP contribution < -0.4 is 5.73 Å². The Kier molecular flexibility index (Phi) is 3.90. The molecule has 5 nitrogen and oxygen atoms in total. The second-order valence-electron chi connectivity index (χ2n) is 3.99. The lowest BCUT2D eigenvalue weighted by molar-refractivity contribution is -0.385. The number of phenols is 1. The van der Waals surface area contributed by atoms with Gasteiger partial charge >= 0.3 is 0 Å². The van der Waals surface area contributed by atoms with Crippen molar-refractivity contribution in [2.45, 2.75) is 18.9 Å². The van der Waals surface area contributed by atoms with Crippen molar-refractivity contribution in [3.63, 3.8) is 0 Å². The Morgan fingerprint density at radius 3 is 2.59 bits per heavy atom. The Hall–Kier alpha value is -1.40. The van der Waals surface area contributed by atoms with Crippen molar-refractivity contribution in [2.24, 2.45) is 11.7 Å². The van der Waals surface area contributed by atoms with Gasteiger partial charge in [-0.15, -0.1) is 12.4 Å². The van der Waals surface area contributed by atoms with E-state index in [1.54, 1.807) is 0 Å². The summed E-state index contributed by atoms with van der Waals surface area (Å²) in [6.45, 7) is 0. The van der Waals surface area contributed by atoms with Gasteiger partial charge in [0.25, 0.3) is 5.69 Å². The SMILES string of the molecule is Cl.N[C@@H](c1cc([N+](=O)[O-])cc(F)c1O)C1CC1. The average Bonchev–Trinajstić information content (AvgIpc) is 3.04. The number of nitrogens with two attached hydrogens (primary N) is 1. The molecule has 1 saturated carbocycles. The fourth-order valence-corrected chi connectivity index (χ4v) is 1.67. The molecule has 1 aromatic rings. The molecule has 0 aliphatic heterocycles. The predicted molar refractivity (Wildman–Crippen MR) is 61.6 cm³/mol. The molecule has 0 radical (unpaired) electrons. The van der Waals surface area contributed by atoms with Crippen LogP contribution in [0.4, 0.5) is 10.1 Å². The minimum atomic E-state index is -1.000. The molecule has 1 aliphatic rings. The summed E-state index contributed by atoms with van der Waals surface area (Å²) in [7, 11) is 0. The Balaban J connectivity index is 0.00000144. The first-order valence-electron chi connectivity index (χ1n) is 4.93. The average molecular weight is 263 g/mol. The molecular weight excluding hydrogens is 251 g/mol. The normalized spacial score (nSPS) is 16.1. The van der Waals surface area contributed by atoms with Gasteiger partial charge in [0.05, 0.1) is 11.0 Å². The van der Waals surface area contributed by atoms with Crippen LogP contribution in [0.3, 0.4) is 0 Å². The summed E-state index contributed by atoms with van der Waals surface area (Å²) in [6.07, 6.45) is 1.82. The number of aromatic hydroxyl groups is 1. The second kappa shape index (κ2) is 4.85. The maximum Gasteiger partial charge on any atom is 0.272 e. The van der Waals surface area contributed by atoms with E-state index in [1.807, 2.05) is 0 Å². The molecule has 3 N–H and O–H groups in total. The van der Waals surface area contributed by atoms with Gasteiger partial charge < -0.3 is 10.8 Å². The summed E-state index contributed by atoms with van der Waals surface area (Å²) in [5, 5.41) is 20.0. The van der Waals surface area contributed by atoms with Gasteiger partial charge in [0.15, 0.2) is 11.6 Å². The van der Waals surface area contributed by atoms with Crippen LogP contribution in [0, 0.1) is 21.8 Å². The van der Waals surface area contributed by atoms with Crippen molar-refractivity contribution in [3.05, 3.63) is 33.6 Å². The molecule has 94 valence electrons. The number of phenolic OH excluding ortho intramolecular Hbond substituents is 1. The Morgan fingerprint density at radius 2 is 2.12 bits per heavy atom. The quantitative estimate of drug-likeness (QED) is 0.646. The fourth-order valence-electron chi connectivity index (χ4n) is 1.67. The molecule has 0 unspecified atom stereocenters. The monoisotopic (exact) mass is 262 g/mol. The highest BCUT2D eigenvalue weighted by atomic mass is 35.5. The van der Waals surface area contributed by atoms with Crippen LogP contribution in [0.1, 0.15) is 24.4 Å². The Bertz CT molecular complexity index is 451. The maximum atomic E-state index is 13.2. The molecule has 17 heavy (non-hydrogen) atoms. The van der Waals surface area contributed by atoms with E-state index in [0.29, 0.717) is 6.07 Å². The van der Waals surface area contributed by atoms with E-state index in [0.717, 1.165) is 18.9 Å². The topological polar surface area (TPSA) is 89.4 Å². The number of halogens is 2. The molecule has 0 amide bonds. The molecule has 0 saturated heterocycles. The predicted octanol–water partition coefficient (Wildman–Crippen LogP) is 2.27. The van der Waals surface area contributed by atoms with Crippen molar-refractivity contribution in [1.82, 2.24) is 0 Å². The highest BCUT2D eigenvalue weighted by Gasteiger charge is 2.33. The number of benzene rings is 1. The molecule has 0 aromatic heterocycles. The molecule has 2 rings (SSSR count). The smallest absolute Gasteiger partial charge is 0.272 e. The van der Waals surface area contributed by atoms with Gasteiger partial charge in [-0.2, -0.15) is 0 Å². The number of non-ortho nitro benzene ring substituents is 1. The number of nitro groups is 1. The lowest BCUT2D eigenvalue weighted by Crippen LogP contribution is -2.13. The molecule has 1 aromatic carbocycles.